The van der Waals surface area contributed by atoms with Crippen molar-refractivity contribution in [3.8, 4) is 5.75 Å². The average Bonchev–Trinajstić information content (AvgIpc) is 3.58. The van der Waals surface area contributed by atoms with Crippen LogP contribution in [0.25, 0.3) is 0 Å². The van der Waals surface area contributed by atoms with E-state index >= 15 is 0 Å². The molecule has 2 aliphatic carbocycles. The lowest BCUT2D eigenvalue weighted by Gasteiger charge is -2.22. The predicted octanol–water partition coefficient (Wildman–Crippen LogP) is 3.40. The van der Waals surface area contributed by atoms with Crippen LogP contribution in [-0.2, 0) is 11.3 Å². The van der Waals surface area contributed by atoms with Crippen molar-refractivity contribution in [2.75, 3.05) is 18.2 Å². The van der Waals surface area contributed by atoms with Crippen molar-refractivity contribution in [2.24, 2.45) is 0 Å². The molecule has 0 radical (unpaired) electrons. The molecule has 2 aliphatic rings. The third-order valence-electron chi connectivity index (χ3n) is 4.45. The molecule has 26 heavy (non-hydrogen) atoms. The number of nitrogens with zero attached hydrogens (tertiary/aromatic N) is 3. The first-order valence-corrected chi connectivity index (χ1v) is 10.7. The number of benzene rings is 1. The fraction of sp³-hybridized carbons (Fsp3) is 0.500. The summed E-state index contributed by atoms with van der Waals surface area (Å²) in [6.45, 7) is 0.651. The number of methoxy groups -OCH3 is 1. The zero-order valence-corrected chi connectivity index (χ0v) is 16.3. The summed E-state index contributed by atoms with van der Waals surface area (Å²) >= 11 is 3.01. The number of amides is 1. The summed E-state index contributed by atoms with van der Waals surface area (Å²) < 4.78 is 6.05. The Morgan fingerprint density at radius 2 is 2.04 bits per heavy atom. The Morgan fingerprint density at radius 3 is 2.69 bits per heavy atom. The van der Waals surface area contributed by atoms with Crippen molar-refractivity contribution in [1.82, 2.24) is 15.1 Å². The molecular formula is C18H22N4O2S2. The van der Waals surface area contributed by atoms with Gasteiger partial charge in [-0.15, -0.1) is 10.2 Å². The summed E-state index contributed by atoms with van der Waals surface area (Å²) in [4.78, 5) is 14.7. The molecule has 6 nitrogen and oxygen atoms in total. The number of anilines is 1. The van der Waals surface area contributed by atoms with E-state index in [9.17, 15) is 4.79 Å². The predicted molar refractivity (Wildman–Crippen MR) is 104 cm³/mol. The first-order chi connectivity index (χ1) is 12.7. The molecule has 1 heterocycles. The Bertz CT molecular complexity index is 757. The molecule has 1 N–H and O–H groups in total. The van der Waals surface area contributed by atoms with Gasteiger partial charge in [0.25, 0.3) is 0 Å². The number of carbonyl (C=O) groups is 1. The second kappa shape index (κ2) is 7.84. The third-order valence-corrected chi connectivity index (χ3v) is 6.42. The van der Waals surface area contributed by atoms with Gasteiger partial charge in [-0.25, -0.2) is 0 Å². The van der Waals surface area contributed by atoms with Gasteiger partial charge in [-0.1, -0.05) is 35.2 Å². The van der Waals surface area contributed by atoms with E-state index in [-0.39, 0.29) is 5.91 Å². The van der Waals surface area contributed by atoms with Crippen molar-refractivity contribution in [1.29, 1.82) is 0 Å². The van der Waals surface area contributed by atoms with E-state index in [1.54, 1.807) is 7.11 Å². The Hall–Kier alpha value is -1.80. The summed E-state index contributed by atoms with van der Waals surface area (Å²) in [6, 6.07) is 8.87. The zero-order chi connectivity index (χ0) is 17.9. The maximum absolute atomic E-state index is 12.7. The number of aromatic nitrogens is 2. The summed E-state index contributed by atoms with van der Waals surface area (Å²) in [5.74, 6) is 1.41. The van der Waals surface area contributed by atoms with Gasteiger partial charge in [0.1, 0.15) is 5.75 Å². The lowest BCUT2D eigenvalue weighted by atomic mass is 10.2. The Kier molecular flexibility index (Phi) is 5.31. The van der Waals surface area contributed by atoms with Crippen LogP contribution in [0.2, 0.25) is 0 Å². The van der Waals surface area contributed by atoms with E-state index in [2.05, 4.69) is 15.5 Å². The lowest BCUT2D eigenvalue weighted by Crippen LogP contribution is -2.33. The summed E-state index contributed by atoms with van der Waals surface area (Å²) in [5, 5.41) is 12.5. The molecule has 0 saturated heterocycles. The lowest BCUT2D eigenvalue weighted by molar-refractivity contribution is -0.129. The standard InChI is InChI=1S/C18H22N4O2S2/c1-24-15-8-2-12(3-9-15)10-22(14-6-7-14)16(23)11-25-18-21-20-17(26-18)19-13-4-5-13/h2-3,8-9,13-14H,4-7,10-11H2,1H3,(H,19,20). The van der Waals surface area contributed by atoms with Gasteiger partial charge >= 0.3 is 0 Å². The van der Waals surface area contributed by atoms with E-state index < -0.39 is 0 Å². The minimum atomic E-state index is 0.167. The van der Waals surface area contributed by atoms with Gasteiger partial charge in [-0.3, -0.25) is 4.79 Å². The molecule has 1 amide bonds. The fourth-order valence-electron chi connectivity index (χ4n) is 2.67. The molecule has 1 aromatic carbocycles. The van der Waals surface area contributed by atoms with Gasteiger partial charge in [0, 0.05) is 18.6 Å². The van der Waals surface area contributed by atoms with Crippen LogP contribution in [0.3, 0.4) is 0 Å². The first kappa shape index (κ1) is 17.6. The van der Waals surface area contributed by atoms with Gasteiger partial charge in [0.05, 0.1) is 12.9 Å². The normalized spacial score (nSPS) is 16.3. The van der Waals surface area contributed by atoms with E-state index in [0.29, 0.717) is 24.4 Å². The number of thioether (sulfide) groups is 1. The second-order valence-corrected chi connectivity index (χ2v) is 8.88. The van der Waals surface area contributed by atoms with Crippen LogP contribution in [0.1, 0.15) is 31.2 Å². The van der Waals surface area contributed by atoms with Gasteiger partial charge in [0.2, 0.25) is 11.0 Å². The van der Waals surface area contributed by atoms with Crippen LogP contribution in [0.5, 0.6) is 5.75 Å². The molecule has 2 fully saturated rings. The molecule has 2 saturated carbocycles. The SMILES string of the molecule is COc1ccc(CN(C(=O)CSc2nnc(NC3CC3)s2)C2CC2)cc1. The molecule has 0 spiro atoms. The summed E-state index contributed by atoms with van der Waals surface area (Å²) in [6.07, 6.45) is 4.62. The maximum Gasteiger partial charge on any atom is 0.233 e. The molecule has 2 aromatic rings. The molecular weight excluding hydrogens is 368 g/mol. The highest BCUT2D eigenvalue weighted by Crippen LogP contribution is 2.32. The maximum atomic E-state index is 12.7. The van der Waals surface area contributed by atoms with Gasteiger partial charge in [-0.2, -0.15) is 0 Å². The van der Waals surface area contributed by atoms with E-state index in [4.69, 9.17) is 4.74 Å². The van der Waals surface area contributed by atoms with E-state index in [1.165, 1.54) is 35.9 Å². The van der Waals surface area contributed by atoms with Crippen LogP contribution in [0.15, 0.2) is 28.6 Å². The topological polar surface area (TPSA) is 67.3 Å². The molecule has 4 rings (SSSR count). The van der Waals surface area contributed by atoms with Crippen molar-refractivity contribution in [3.63, 3.8) is 0 Å². The smallest absolute Gasteiger partial charge is 0.233 e. The number of nitrogens with one attached hydrogen (secondary N) is 1. The van der Waals surface area contributed by atoms with Crippen molar-refractivity contribution in [3.05, 3.63) is 29.8 Å². The number of ether oxygens (including phenoxy) is 1. The second-order valence-electron chi connectivity index (χ2n) is 6.68. The average molecular weight is 391 g/mol. The number of rotatable bonds is 9. The molecule has 0 atom stereocenters. The van der Waals surface area contributed by atoms with Gasteiger partial charge in [-0.05, 0) is 43.4 Å². The largest absolute Gasteiger partial charge is 0.497 e. The van der Waals surface area contributed by atoms with Gasteiger partial charge < -0.3 is 15.0 Å². The van der Waals surface area contributed by atoms with E-state index in [0.717, 1.165) is 33.6 Å². The molecule has 0 bridgehead atoms. The van der Waals surface area contributed by atoms with Crippen LogP contribution in [-0.4, -0.2) is 46.0 Å². The van der Waals surface area contributed by atoms with Crippen molar-refractivity contribution < 1.29 is 9.53 Å². The number of hydrogen-bond acceptors (Lipinski definition) is 7. The highest BCUT2D eigenvalue weighted by molar-refractivity contribution is 8.01. The summed E-state index contributed by atoms with van der Waals surface area (Å²) in [7, 11) is 1.66. The Balaban J connectivity index is 1.32. The summed E-state index contributed by atoms with van der Waals surface area (Å²) in [5.41, 5.74) is 1.13. The van der Waals surface area contributed by atoms with Crippen molar-refractivity contribution >= 4 is 34.1 Å². The molecule has 138 valence electrons. The van der Waals surface area contributed by atoms with Crippen LogP contribution in [0, 0.1) is 0 Å². The quantitative estimate of drug-likeness (QED) is 0.662. The van der Waals surface area contributed by atoms with Crippen molar-refractivity contribution in [2.45, 2.75) is 48.7 Å². The highest BCUT2D eigenvalue weighted by atomic mass is 32.2. The van der Waals surface area contributed by atoms with Gasteiger partial charge in [0.15, 0.2) is 4.34 Å². The zero-order valence-electron chi connectivity index (χ0n) is 14.7. The minimum absolute atomic E-state index is 0.167. The molecule has 8 heteroatoms. The Morgan fingerprint density at radius 1 is 1.27 bits per heavy atom. The van der Waals surface area contributed by atoms with E-state index in [1.807, 2.05) is 29.2 Å². The molecule has 0 unspecified atom stereocenters. The molecule has 0 aliphatic heterocycles. The first-order valence-electron chi connectivity index (χ1n) is 8.86. The Labute approximate surface area is 161 Å². The number of hydrogen-bond donors (Lipinski definition) is 1. The molecule has 1 aromatic heterocycles. The monoisotopic (exact) mass is 390 g/mol. The third kappa shape index (κ3) is 4.67. The van der Waals surface area contributed by atoms with Crippen LogP contribution < -0.4 is 10.1 Å². The highest BCUT2D eigenvalue weighted by Gasteiger charge is 2.32. The fourth-order valence-corrected chi connectivity index (χ4v) is 4.38. The number of carbonyl (C=O) groups excluding carboxylic acids is 1. The van der Waals surface area contributed by atoms with Crippen LogP contribution >= 0.6 is 23.1 Å². The minimum Gasteiger partial charge on any atom is -0.497 e. The van der Waals surface area contributed by atoms with Crippen LogP contribution in [0.4, 0.5) is 5.13 Å².